The number of methoxy groups -OCH3 is 1. The maximum atomic E-state index is 13.3. The second-order valence-corrected chi connectivity index (χ2v) is 5.93. The lowest BCUT2D eigenvalue weighted by atomic mass is 9.64. The van der Waals surface area contributed by atoms with E-state index in [0.29, 0.717) is 11.6 Å². The summed E-state index contributed by atoms with van der Waals surface area (Å²) in [5.74, 6) is -0.203. The molecule has 106 valence electrons. The number of aromatic hydroxyl groups is 1. The van der Waals surface area contributed by atoms with Crippen LogP contribution in [-0.4, -0.2) is 24.4 Å². The average molecular weight is 267 g/mol. The van der Waals surface area contributed by atoms with Crippen LogP contribution in [0.4, 0.5) is 4.39 Å². The first kappa shape index (κ1) is 14.3. The molecule has 2 rings (SSSR count). The fraction of sp³-hybridized carbons (Fsp3) is 0.600. The maximum Gasteiger partial charge on any atom is 0.123 e. The van der Waals surface area contributed by atoms with Crippen LogP contribution in [-0.2, 0) is 4.74 Å². The fourth-order valence-electron chi connectivity index (χ4n) is 2.83. The van der Waals surface area contributed by atoms with Crippen LogP contribution in [0.3, 0.4) is 0 Å². The summed E-state index contributed by atoms with van der Waals surface area (Å²) >= 11 is 0. The smallest absolute Gasteiger partial charge is 0.123 e. The Morgan fingerprint density at radius 1 is 1.47 bits per heavy atom. The molecule has 1 fully saturated rings. The first-order valence-electron chi connectivity index (χ1n) is 6.63. The molecule has 1 aromatic rings. The zero-order valence-electron chi connectivity index (χ0n) is 11.9. The standard InChI is InChI=1S/C15H22FNO2/c1-9(11-7-10(16)5-6-12(11)18)17-13-8-14(19-4)15(13,2)3/h5-7,9,13-14,17-18H,8H2,1-4H3. The van der Waals surface area contributed by atoms with Crippen molar-refractivity contribution in [3.63, 3.8) is 0 Å². The van der Waals surface area contributed by atoms with E-state index in [9.17, 15) is 9.50 Å². The van der Waals surface area contributed by atoms with Gasteiger partial charge in [0, 0.05) is 30.2 Å². The Hall–Kier alpha value is -1.13. The number of hydrogen-bond acceptors (Lipinski definition) is 3. The van der Waals surface area contributed by atoms with Crippen molar-refractivity contribution in [2.45, 2.75) is 45.4 Å². The first-order chi connectivity index (χ1) is 8.86. The molecule has 3 atom stereocenters. The summed E-state index contributed by atoms with van der Waals surface area (Å²) in [7, 11) is 1.73. The molecule has 0 spiro atoms. The second kappa shape index (κ2) is 5.10. The van der Waals surface area contributed by atoms with Crippen molar-refractivity contribution >= 4 is 0 Å². The van der Waals surface area contributed by atoms with Gasteiger partial charge in [0.05, 0.1) is 6.10 Å². The first-order valence-corrected chi connectivity index (χ1v) is 6.63. The molecule has 0 radical (unpaired) electrons. The van der Waals surface area contributed by atoms with Crippen molar-refractivity contribution in [1.29, 1.82) is 0 Å². The van der Waals surface area contributed by atoms with Crippen LogP contribution in [0.5, 0.6) is 5.75 Å². The van der Waals surface area contributed by atoms with Gasteiger partial charge in [-0.25, -0.2) is 4.39 Å². The lowest BCUT2D eigenvalue weighted by Crippen LogP contribution is -2.60. The summed E-state index contributed by atoms with van der Waals surface area (Å²) in [5.41, 5.74) is 0.642. The molecule has 1 aliphatic rings. The molecule has 4 heteroatoms. The van der Waals surface area contributed by atoms with Crippen LogP contribution in [0.1, 0.15) is 38.8 Å². The summed E-state index contributed by atoms with van der Waals surface area (Å²) in [4.78, 5) is 0. The van der Waals surface area contributed by atoms with Gasteiger partial charge in [-0.15, -0.1) is 0 Å². The molecule has 3 unspecified atom stereocenters. The highest BCUT2D eigenvalue weighted by Crippen LogP contribution is 2.43. The highest BCUT2D eigenvalue weighted by Gasteiger charge is 2.48. The van der Waals surface area contributed by atoms with Crippen molar-refractivity contribution < 1.29 is 14.2 Å². The fourth-order valence-corrected chi connectivity index (χ4v) is 2.83. The highest BCUT2D eigenvalue weighted by molar-refractivity contribution is 5.35. The van der Waals surface area contributed by atoms with E-state index in [2.05, 4.69) is 19.2 Å². The van der Waals surface area contributed by atoms with Gasteiger partial charge in [0.25, 0.3) is 0 Å². The molecule has 1 aliphatic carbocycles. The lowest BCUT2D eigenvalue weighted by molar-refractivity contribution is -0.0999. The quantitative estimate of drug-likeness (QED) is 0.881. The number of rotatable bonds is 4. The summed E-state index contributed by atoms with van der Waals surface area (Å²) in [6, 6.07) is 4.24. The third-order valence-electron chi connectivity index (χ3n) is 4.37. The predicted octanol–water partition coefficient (Wildman–Crippen LogP) is 3.00. The van der Waals surface area contributed by atoms with Crippen molar-refractivity contribution in [2.75, 3.05) is 7.11 Å². The summed E-state index contributed by atoms with van der Waals surface area (Å²) in [6.45, 7) is 6.24. The van der Waals surface area contributed by atoms with Gasteiger partial charge in [0.15, 0.2) is 0 Å². The van der Waals surface area contributed by atoms with Crippen molar-refractivity contribution in [3.05, 3.63) is 29.6 Å². The number of halogens is 1. The molecule has 1 saturated carbocycles. The zero-order chi connectivity index (χ0) is 14.2. The third kappa shape index (κ3) is 2.60. The maximum absolute atomic E-state index is 13.3. The van der Waals surface area contributed by atoms with Crippen LogP contribution in [0.2, 0.25) is 0 Å². The average Bonchev–Trinajstić information content (AvgIpc) is 2.36. The molecule has 0 aliphatic heterocycles. The normalized spacial score (nSPS) is 26.8. The van der Waals surface area contributed by atoms with Crippen molar-refractivity contribution in [3.8, 4) is 5.75 Å². The number of phenolic OH excluding ortho intramolecular Hbond substituents is 1. The molecule has 0 bridgehead atoms. The molecule has 1 aromatic carbocycles. The van der Waals surface area contributed by atoms with E-state index in [1.165, 1.54) is 18.2 Å². The Morgan fingerprint density at radius 2 is 2.16 bits per heavy atom. The van der Waals surface area contributed by atoms with Gasteiger partial charge in [-0.3, -0.25) is 0 Å². The number of benzene rings is 1. The Labute approximate surface area is 113 Å². The van der Waals surface area contributed by atoms with Gasteiger partial charge >= 0.3 is 0 Å². The Bertz CT molecular complexity index is 461. The van der Waals surface area contributed by atoms with E-state index in [1.54, 1.807) is 7.11 Å². The van der Waals surface area contributed by atoms with E-state index in [-0.39, 0.29) is 29.1 Å². The van der Waals surface area contributed by atoms with Crippen LogP contribution < -0.4 is 5.32 Å². The van der Waals surface area contributed by atoms with Gasteiger partial charge in [-0.2, -0.15) is 0 Å². The van der Waals surface area contributed by atoms with E-state index in [4.69, 9.17) is 4.74 Å². The Balaban J connectivity index is 2.06. The molecular formula is C15H22FNO2. The summed E-state index contributed by atoms with van der Waals surface area (Å²) < 4.78 is 18.7. The van der Waals surface area contributed by atoms with Gasteiger partial charge in [-0.1, -0.05) is 13.8 Å². The van der Waals surface area contributed by atoms with E-state index in [1.807, 2.05) is 6.92 Å². The number of nitrogens with one attached hydrogen (secondary N) is 1. The minimum atomic E-state index is -0.330. The van der Waals surface area contributed by atoms with E-state index >= 15 is 0 Å². The second-order valence-electron chi connectivity index (χ2n) is 5.93. The lowest BCUT2D eigenvalue weighted by Gasteiger charge is -2.52. The molecule has 19 heavy (non-hydrogen) atoms. The molecule has 0 aromatic heterocycles. The topological polar surface area (TPSA) is 41.5 Å². The minimum absolute atomic E-state index is 0.0476. The van der Waals surface area contributed by atoms with Crippen LogP contribution in [0.25, 0.3) is 0 Å². The summed E-state index contributed by atoms with van der Waals surface area (Å²) in [6.07, 6.45) is 1.18. The zero-order valence-corrected chi connectivity index (χ0v) is 11.9. The van der Waals surface area contributed by atoms with Gasteiger partial charge in [0.1, 0.15) is 11.6 Å². The highest BCUT2D eigenvalue weighted by atomic mass is 19.1. The molecule has 0 amide bonds. The monoisotopic (exact) mass is 267 g/mol. The number of hydrogen-bond donors (Lipinski definition) is 2. The largest absolute Gasteiger partial charge is 0.508 e. The molecular weight excluding hydrogens is 245 g/mol. The number of phenols is 1. The SMILES string of the molecule is COC1CC(NC(C)c2cc(F)ccc2O)C1(C)C. The van der Waals surface area contributed by atoms with Gasteiger partial charge < -0.3 is 15.2 Å². The minimum Gasteiger partial charge on any atom is -0.508 e. The Kier molecular flexibility index (Phi) is 3.83. The van der Waals surface area contributed by atoms with Gasteiger partial charge in [0.2, 0.25) is 0 Å². The van der Waals surface area contributed by atoms with Gasteiger partial charge in [-0.05, 0) is 31.5 Å². The van der Waals surface area contributed by atoms with E-state index in [0.717, 1.165) is 6.42 Å². The molecule has 0 saturated heterocycles. The third-order valence-corrected chi connectivity index (χ3v) is 4.37. The predicted molar refractivity (Wildman–Crippen MR) is 72.6 cm³/mol. The molecule has 0 heterocycles. The van der Waals surface area contributed by atoms with Crippen LogP contribution >= 0.6 is 0 Å². The Morgan fingerprint density at radius 3 is 2.74 bits per heavy atom. The van der Waals surface area contributed by atoms with Crippen LogP contribution in [0, 0.1) is 11.2 Å². The molecule has 2 N–H and O–H groups in total. The molecule has 3 nitrogen and oxygen atoms in total. The summed E-state index contributed by atoms with van der Waals surface area (Å²) in [5, 5.41) is 13.3. The van der Waals surface area contributed by atoms with Crippen LogP contribution in [0.15, 0.2) is 18.2 Å². The van der Waals surface area contributed by atoms with Crippen molar-refractivity contribution in [2.24, 2.45) is 5.41 Å². The van der Waals surface area contributed by atoms with Crippen molar-refractivity contribution in [1.82, 2.24) is 5.32 Å². The number of ether oxygens (including phenoxy) is 1. The van der Waals surface area contributed by atoms with E-state index < -0.39 is 0 Å².